The molecule has 4 nitrogen and oxygen atoms in total. The monoisotopic (exact) mass is 326 g/mol. The third-order valence-electron chi connectivity index (χ3n) is 5.76. The summed E-state index contributed by atoms with van der Waals surface area (Å²) in [6.45, 7) is 9.21. The number of amides is 1. The third-order valence-corrected chi connectivity index (χ3v) is 5.76. The minimum atomic E-state index is 0.0438. The largest absolute Gasteiger partial charge is 0.451 e. The molecule has 0 bridgehead atoms. The summed E-state index contributed by atoms with van der Waals surface area (Å²) < 4.78 is 5.87. The lowest BCUT2D eigenvalue weighted by atomic mass is 9.97. The lowest BCUT2D eigenvalue weighted by Crippen LogP contribution is -2.63. The van der Waals surface area contributed by atoms with Gasteiger partial charge in [0.15, 0.2) is 5.76 Å². The summed E-state index contributed by atoms with van der Waals surface area (Å²) >= 11 is 0. The predicted octanol–water partition coefficient (Wildman–Crippen LogP) is 3.75. The second kappa shape index (κ2) is 5.92. The Morgan fingerprint density at radius 3 is 2.75 bits per heavy atom. The molecule has 0 N–H and O–H groups in total. The summed E-state index contributed by atoms with van der Waals surface area (Å²) in [5, 5.41) is 1.06. The lowest BCUT2D eigenvalue weighted by molar-refractivity contribution is 0.000586. The van der Waals surface area contributed by atoms with Crippen LogP contribution in [0.1, 0.15) is 47.9 Å². The van der Waals surface area contributed by atoms with Crippen molar-refractivity contribution in [1.82, 2.24) is 9.80 Å². The van der Waals surface area contributed by atoms with Crippen LogP contribution in [0.4, 0.5) is 0 Å². The van der Waals surface area contributed by atoms with Crippen LogP contribution in [0.5, 0.6) is 0 Å². The molecule has 1 aromatic heterocycles. The fourth-order valence-electron chi connectivity index (χ4n) is 4.18. The zero-order valence-electron chi connectivity index (χ0n) is 14.8. The van der Waals surface area contributed by atoms with Gasteiger partial charge < -0.3 is 9.32 Å². The van der Waals surface area contributed by atoms with E-state index in [2.05, 4.69) is 24.8 Å². The molecule has 2 saturated heterocycles. The van der Waals surface area contributed by atoms with Crippen LogP contribution in [0.2, 0.25) is 0 Å². The fraction of sp³-hybridized carbons (Fsp3) is 0.550. The van der Waals surface area contributed by atoms with Crippen molar-refractivity contribution in [3.05, 3.63) is 35.1 Å². The smallest absolute Gasteiger partial charge is 0.289 e. The van der Waals surface area contributed by atoms with Gasteiger partial charge >= 0.3 is 0 Å². The van der Waals surface area contributed by atoms with Crippen molar-refractivity contribution in [2.24, 2.45) is 0 Å². The van der Waals surface area contributed by atoms with Crippen LogP contribution in [-0.2, 0) is 0 Å². The van der Waals surface area contributed by atoms with E-state index in [1.807, 2.05) is 24.0 Å². The Labute approximate surface area is 143 Å². The second-order valence-corrected chi connectivity index (χ2v) is 7.50. The Balaban J connectivity index is 1.49. The number of aryl methyl sites for hydroxylation is 2. The number of carbonyl (C=O) groups is 1. The van der Waals surface area contributed by atoms with Crippen LogP contribution in [0, 0.1) is 13.8 Å². The lowest BCUT2D eigenvalue weighted by Gasteiger charge is -2.49. The van der Waals surface area contributed by atoms with E-state index in [4.69, 9.17) is 4.42 Å². The Morgan fingerprint density at radius 2 is 2.00 bits per heavy atom. The molecule has 2 aromatic rings. The minimum Gasteiger partial charge on any atom is -0.451 e. The van der Waals surface area contributed by atoms with E-state index in [9.17, 15) is 4.79 Å². The maximum atomic E-state index is 12.8. The van der Waals surface area contributed by atoms with Crippen molar-refractivity contribution >= 4 is 16.9 Å². The van der Waals surface area contributed by atoms with E-state index < -0.39 is 0 Å². The number of rotatable bonds is 2. The van der Waals surface area contributed by atoms with E-state index in [0.717, 1.165) is 29.6 Å². The molecule has 1 atom stereocenters. The highest BCUT2D eigenvalue weighted by molar-refractivity contribution is 5.99. The molecule has 24 heavy (non-hydrogen) atoms. The second-order valence-electron chi connectivity index (χ2n) is 7.50. The number of likely N-dealkylation sites (tertiary alicyclic amines) is 2. The Morgan fingerprint density at radius 1 is 1.21 bits per heavy atom. The fourth-order valence-corrected chi connectivity index (χ4v) is 4.18. The normalized spacial score (nSPS) is 22.8. The van der Waals surface area contributed by atoms with Gasteiger partial charge in [-0.2, -0.15) is 0 Å². The molecule has 4 rings (SSSR count). The molecule has 2 aliphatic heterocycles. The first-order chi connectivity index (χ1) is 11.5. The number of piperidine rings is 1. The highest BCUT2D eigenvalue weighted by Gasteiger charge is 2.39. The maximum Gasteiger partial charge on any atom is 0.289 e. The SMILES string of the molecule is Cc1ccc2oc(C(=O)N3CC(N4CCCC[C@H]4C)C3)c(C)c2c1. The number of carbonyl (C=O) groups excluding carboxylic acids is 1. The number of nitrogens with zero attached hydrogens (tertiary/aromatic N) is 2. The highest BCUT2D eigenvalue weighted by Crippen LogP contribution is 2.30. The first kappa shape index (κ1) is 15.7. The molecule has 0 saturated carbocycles. The standard InChI is InChI=1S/C20H26N2O2/c1-13-7-8-18-17(10-13)15(3)19(24-18)20(23)21-11-16(12-21)22-9-5-4-6-14(22)2/h7-8,10,14,16H,4-6,9,11-12H2,1-3H3/t14-/m1/s1. The van der Waals surface area contributed by atoms with E-state index in [1.165, 1.54) is 31.4 Å². The van der Waals surface area contributed by atoms with Gasteiger partial charge in [0.25, 0.3) is 5.91 Å². The summed E-state index contributed by atoms with van der Waals surface area (Å²) in [7, 11) is 0. The van der Waals surface area contributed by atoms with Crippen LogP contribution in [0.3, 0.4) is 0 Å². The molecule has 0 unspecified atom stereocenters. The van der Waals surface area contributed by atoms with Gasteiger partial charge in [0.2, 0.25) is 0 Å². The number of hydrogen-bond donors (Lipinski definition) is 0. The molecular formula is C20H26N2O2. The average molecular weight is 326 g/mol. The van der Waals surface area contributed by atoms with Gasteiger partial charge in [-0.05, 0) is 52.3 Å². The van der Waals surface area contributed by atoms with Gasteiger partial charge in [0, 0.05) is 36.1 Å². The number of benzene rings is 1. The van der Waals surface area contributed by atoms with Gasteiger partial charge in [-0.25, -0.2) is 0 Å². The van der Waals surface area contributed by atoms with E-state index in [0.29, 0.717) is 17.8 Å². The molecule has 0 spiro atoms. The van der Waals surface area contributed by atoms with Crippen LogP contribution < -0.4 is 0 Å². The predicted molar refractivity (Wildman–Crippen MR) is 95.4 cm³/mol. The van der Waals surface area contributed by atoms with Gasteiger partial charge in [-0.15, -0.1) is 0 Å². The van der Waals surface area contributed by atoms with Gasteiger partial charge in [-0.3, -0.25) is 9.69 Å². The van der Waals surface area contributed by atoms with Gasteiger partial charge in [0.05, 0.1) is 0 Å². The van der Waals surface area contributed by atoms with Crippen LogP contribution in [-0.4, -0.2) is 47.4 Å². The molecule has 3 heterocycles. The van der Waals surface area contributed by atoms with E-state index >= 15 is 0 Å². The molecule has 0 aliphatic carbocycles. The minimum absolute atomic E-state index is 0.0438. The van der Waals surface area contributed by atoms with Crippen molar-refractivity contribution in [3.8, 4) is 0 Å². The van der Waals surface area contributed by atoms with Gasteiger partial charge in [0.1, 0.15) is 5.58 Å². The van der Waals surface area contributed by atoms with E-state index in [1.54, 1.807) is 0 Å². The van der Waals surface area contributed by atoms with Crippen LogP contribution in [0.15, 0.2) is 22.6 Å². The first-order valence-electron chi connectivity index (χ1n) is 9.09. The van der Waals surface area contributed by atoms with Crippen LogP contribution >= 0.6 is 0 Å². The molecular weight excluding hydrogens is 300 g/mol. The summed E-state index contributed by atoms with van der Waals surface area (Å²) in [6.07, 6.45) is 3.91. The first-order valence-corrected chi connectivity index (χ1v) is 9.09. The summed E-state index contributed by atoms with van der Waals surface area (Å²) in [4.78, 5) is 17.3. The zero-order valence-corrected chi connectivity index (χ0v) is 14.8. The summed E-state index contributed by atoms with van der Waals surface area (Å²) in [6, 6.07) is 7.26. The van der Waals surface area contributed by atoms with Crippen molar-refractivity contribution in [2.75, 3.05) is 19.6 Å². The Hall–Kier alpha value is -1.81. The Kier molecular flexibility index (Phi) is 3.87. The molecule has 128 valence electrons. The number of hydrogen-bond acceptors (Lipinski definition) is 3. The maximum absolute atomic E-state index is 12.8. The quantitative estimate of drug-likeness (QED) is 0.843. The summed E-state index contributed by atoms with van der Waals surface area (Å²) in [5.74, 6) is 0.558. The molecule has 2 fully saturated rings. The number of furan rings is 1. The Bertz CT molecular complexity index is 773. The van der Waals surface area contributed by atoms with Crippen molar-refractivity contribution in [2.45, 2.75) is 52.1 Å². The zero-order chi connectivity index (χ0) is 16.8. The van der Waals surface area contributed by atoms with Crippen molar-refractivity contribution in [1.29, 1.82) is 0 Å². The third kappa shape index (κ3) is 2.53. The van der Waals surface area contributed by atoms with Crippen LogP contribution in [0.25, 0.3) is 11.0 Å². The molecule has 4 heteroatoms. The summed E-state index contributed by atoms with van der Waals surface area (Å²) in [5.41, 5.74) is 2.96. The topological polar surface area (TPSA) is 36.7 Å². The van der Waals surface area contributed by atoms with Gasteiger partial charge in [-0.1, -0.05) is 18.1 Å². The average Bonchev–Trinajstić information content (AvgIpc) is 2.84. The molecule has 2 aliphatic rings. The van der Waals surface area contributed by atoms with Crippen molar-refractivity contribution < 1.29 is 9.21 Å². The molecule has 0 radical (unpaired) electrons. The number of fused-ring (bicyclic) bond motifs is 1. The molecule has 1 aromatic carbocycles. The highest BCUT2D eigenvalue weighted by atomic mass is 16.3. The van der Waals surface area contributed by atoms with Crippen molar-refractivity contribution in [3.63, 3.8) is 0 Å². The van der Waals surface area contributed by atoms with E-state index in [-0.39, 0.29) is 5.91 Å². The molecule has 1 amide bonds.